The van der Waals surface area contributed by atoms with Crippen molar-refractivity contribution in [3.63, 3.8) is 0 Å². The van der Waals surface area contributed by atoms with Gasteiger partial charge in [-0.2, -0.15) is 0 Å². The molecule has 0 aromatic heterocycles. The normalized spacial score (nSPS) is 10.3. The quantitative estimate of drug-likeness (QED) is 0.0167. The Kier molecular flexibility index (Phi) is 91.7. The first-order valence-corrected chi connectivity index (χ1v) is 39.0. The molecule has 0 aliphatic rings. The molecular formula is C87H158N2O10. The third kappa shape index (κ3) is 83.2. The molecule has 0 unspecified atom stereocenters. The minimum absolute atomic E-state index is 0. The highest BCUT2D eigenvalue weighted by Gasteiger charge is 2.10. The lowest BCUT2D eigenvalue weighted by atomic mass is 10.0. The van der Waals surface area contributed by atoms with Crippen LogP contribution in [0.1, 0.15) is 416 Å². The number of carboxylic acid groups (broad SMARTS) is 1. The molecule has 0 heterocycles. The summed E-state index contributed by atoms with van der Waals surface area (Å²) >= 11 is 0. The van der Waals surface area contributed by atoms with E-state index in [2.05, 4.69) is 45.7 Å². The predicted molar refractivity (Wildman–Crippen MR) is 431 cm³/mol. The number of allylic oxidation sites excluding steroid dienone is 5. The number of ether oxygens (including phenoxy) is 2. The number of nitro benzene ring substituents is 2. The molecule has 0 atom stereocenters. The number of aliphatic carboxylic acids is 1. The van der Waals surface area contributed by atoms with Crippen LogP contribution in [0.3, 0.4) is 0 Å². The van der Waals surface area contributed by atoms with E-state index in [1.54, 1.807) is 0 Å². The van der Waals surface area contributed by atoms with Gasteiger partial charge in [-0.25, -0.2) is 0 Å². The van der Waals surface area contributed by atoms with E-state index in [-0.39, 0.29) is 53.0 Å². The lowest BCUT2D eigenvalue weighted by Gasteiger charge is -2.04. The average Bonchev–Trinajstić information content (AvgIpc) is 0.992. The fourth-order valence-corrected chi connectivity index (χ4v) is 11.3. The van der Waals surface area contributed by atoms with E-state index in [4.69, 9.17) is 14.6 Å². The zero-order valence-corrected chi connectivity index (χ0v) is 61.2. The third-order valence-electron chi connectivity index (χ3n) is 17.3. The van der Waals surface area contributed by atoms with Gasteiger partial charge in [0, 0.05) is 43.5 Å². The maximum absolute atomic E-state index is 11.9. The summed E-state index contributed by atoms with van der Waals surface area (Å²) < 4.78 is 10.4. The number of nitrogens with zero attached hydrogens (tertiary/aromatic N) is 2. The molecule has 1 N–H and O–H groups in total. The summed E-state index contributed by atoms with van der Waals surface area (Å²) in [4.78, 5) is 53.9. The van der Waals surface area contributed by atoms with Gasteiger partial charge in [0.15, 0.2) is 0 Å². The molecule has 0 aliphatic carbocycles. The molecule has 0 radical (unpaired) electrons. The van der Waals surface area contributed by atoms with Gasteiger partial charge in [0.05, 0.1) is 9.85 Å². The minimum Gasteiger partial charge on any atom is -0.481 e. The van der Waals surface area contributed by atoms with Crippen LogP contribution in [0, 0.1) is 20.2 Å². The average molecular weight is 1390 g/mol. The Labute approximate surface area is 611 Å². The van der Waals surface area contributed by atoms with Crippen molar-refractivity contribution >= 4 is 29.3 Å². The van der Waals surface area contributed by atoms with E-state index in [1.165, 1.54) is 337 Å². The largest absolute Gasteiger partial charge is 0.481 e. The smallest absolute Gasteiger partial charge is 0.311 e. The zero-order chi connectivity index (χ0) is 69.8. The topological polar surface area (TPSA) is 176 Å². The first-order chi connectivity index (χ1) is 46.4. The highest BCUT2D eigenvalue weighted by Crippen LogP contribution is 2.22. The van der Waals surface area contributed by atoms with Gasteiger partial charge < -0.3 is 14.6 Å². The Hall–Kier alpha value is -5.39. The number of esters is 2. The summed E-state index contributed by atoms with van der Waals surface area (Å²) in [6, 6.07) is 11.2. The molecular weight excluding hydrogens is 1230 g/mol. The molecule has 2 rings (SSSR count). The van der Waals surface area contributed by atoms with Gasteiger partial charge in [-0.3, -0.25) is 34.6 Å². The van der Waals surface area contributed by atoms with E-state index in [0.29, 0.717) is 30.8 Å². The zero-order valence-electron chi connectivity index (χ0n) is 61.2. The number of carbonyl (C=O) groups excluding carboxylic acids is 2. The van der Waals surface area contributed by atoms with Crippen molar-refractivity contribution in [1.29, 1.82) is 0 Å². The summed E-state index contributed by atoms with van der Waals surface area (Å²) in [6.07, 6.45) is 83.5. The van der Waals surface area contributed by atoms with Gasteiger partial charge in [0.2, 0.25) is 0 Å². The van der Waals surface area contributed by atoms with Gasteiger partial charge in [-0.15, -0.1) is 19.7 Å². The molecule has 12 nitrogen and oxygen atoms in total. The maximum Gasteiger partial charge on any atom is 0.311 e. The second-order valence-corrected chi connectivity index (χ2v) is 26.3. The van der Waals surface area contributed by atoms with Crippen molar-refractivity contribution in [3.05, 3.63) is 119 Å². The molecule has 2 aromatic carbocycles. The summed E-state index contributed by atoms with van der Waals surface area (Å²) in [5.41, 5.74) is -0.0260. The molecule has 0 saturated carbocycles. The fourth-order valence-electron chi connectivity index (χ4n) is 11.3. The van der Waals surface area contributed by atoms with E-state index < -0.39 is 15.8 Å². The van der Waals surface area contributed by atoms with Crippen LogP contribution in [0.4, 0.5) is 11.4 Å². The number of carboxylic acids is 1. The van der Waals surface area contributed by atoms with Crippen LogP contribution in [0.15, 0.2) is 98.6 Å². The van der Waals surface area contributed by atoms with E-state index in [9.17, 15) is 34.6 Å². The molecule has 99 heavy (non-hydrogen) atoms. The van der Waals surface area contributed by atoms with Crippen molar-refractivity contribution in [2.45, 2.75) is 416 Å². The van der Waals surface area contributed by atoms with Crippen molar-refractivity contribution < 1.29 is 38.8 Å². The molecule has 576 valence electrons. The summed E-state index contributed by atoms with van der Waals surface area (Å²) in [5.74, 6) is -0.533. The standard InChI is InChI=1S/C35H59NO4.C20H40.C17H23NO4.C11H20O2.4CH4/c1-2-3-4-5-6-7-8-9-10-11-12-13-14-15-16-17-18-19-20-21-22-23-24-25-26-27-28-35(37)40-34-31-29-33(30-32-34)36(38)39;1-3-5-7-9-11-13-15-17-19-20-18-16-14-12-10-8-6-4-2;1-2-3-4-5-6-7-8-9-10-17(19)22-16-13-11-15(12-14-16)18(20)21;1-2-3-4-5-6-7-8-9-10-11(12)13;;;;/h19-20,29-32H,2-18,21-28H2,1H3;3H,1,4-20H2,2H3;2,11-14H,1,3-10H2;2H,1,3-10H2,(H,12,13);4*1H4/b20-19+;;;;;;;. The number of carbonyl (C=O) groups is 3. The summed E-state index contributed by atoms with van der Waals surface area (Å²) in [6.45, 7) is 15.7. The number of non-ortho nitro benzene ring substituents is 2. The van der Waals surface area contributed by atoms with Gasteiger partial charge in [0.1, 0.15) is 11.5 Å². The number of rotatable bonds is 65. The van der Waals surface area contributed by atoms with Crippen molar-refractivity contribution in [1.82, 2.24) is 0 Å². The minimum atomic E-state index is -0.674. The van der Waals surface area contributed by atoms with Crippen LogP contribution in [0.5, 0.6) is 11.5 Å². The van der Waals surface area contributed by atoms with Gasteiger partial charge in [-0.1, -0.05) is 344 Å². The molecule has 0 bridgehead atoms. The second kappa shape index (κ2) is 86.8. The Morgan fingerprint density at radius 2 is 0.515 bits per heavy atom. The molecule has 0 saturated heterocycles. The molecule has 12 heteroatoms. The predicted octanol–water partition coefficient (Wildman–Crippen LogP) is 30.4. The third-order valence-corrected chi connectivity index (χ3v) is 17.3. The first-order valence-electron chi connectivity index (χ1n) is 39.0. The summed E-state index contributed by atoms with van der Waals surface area (Å²) in [7, 11) is 0. The van der Waals surface area contributed by atoms with Gasteiger partial charge in [-0.05, 0) is 108 Å². The number of hydrogen-bond donors (Lipinski definition) is 1. The number of nitro groups is 2. The summed E-state index contributed by atoms with van der Waals surface area (Å²) in [5, 5.41) is 29.6. The van der Waals surface area contributed by atoms with Gasteiger partial charge in [0.25, 0.3) is 11.4 Å². The van der Waals surface area contributed by atoms with Crippen LogP contribution in [0.25, 0.3) is 0 Å². The van der Waals surface area contributed by atoms with E-state index in [0.717, 1.165) is 64.2 Å². The molecule has 0 amide bonds. The Bertz CT molecular complexity index is 2090. The van der Waals surface area contributed by atoms with Gasteiger partial charge >= 0.3 is 17.9 Å². The van der Waals surface area contributed by atoms with Crippen LogP contribution in [0.2, 0.25) is 0 Å². The van der Waals surface area contributed by atoms with Crippen LogP contribution in [-0.2, 0) is 14.4 Å². The highest BCUT2D eigenvalue weighted by molar-refractivity contribution is 5.72. The molecule has 0 fully saturated rings. The number of hydrogen-bond acceptors (Lipinski definition) is 9. The monoisotopic (exact) mass is 1390 g/mol. The maximum atomic E-state index is 11.9. The van der Waals surface area contributed by atoms with E-state index in [1.807, 2.05) is 18.2 Å². The Morgan fingerprint density at radius 1 is 0.323 bits per heavy atom. The van der Waals surface area contributed by atoms with Crippen LogP contribution >= 0.6 is 0 Å². The second-order valence-electron chi connectivity index (χ2n) is 26.3. The molecule has 2 aromatic rings. The van der Waals surface area contributed by atoms with E-state index >= 15 is 0 Å². The number of unbranched alkanes of at least 4 members (excludes halogenated alkanes) is 50. The Morgan fingerprint density at radius 3 is 0.717 bits per heavy atom. The fraction of sp³-hybridized carbons (Fsp3) is 0.736. The SMILES string of the molecule is C.C.C.C.C=CCCCCCCCCC(=O)O.C=CCCCCCCCCC(=O)Oc1ccc([N+](=O)[O-])cc1.C=CCCCCCCCCCCCCCCCCCC.CCCCCCCCCCCCCCCCCC/C=C/CCCCCCCCC(=O)Oc1ccc([N+](=O)[O-])cc1. The molecule has 0 spiro atoms. The van der Waals surface area contributed by atoms with Crippen molar-refractivity contribution in [2.24, 2.45) is 0 Å². The molecule has 0 aliphatic heterocycles. The Balaban J connectivity index is -0.000000312. The van der Waals surface area contributed by atoms with Crippen LogP contribution < -0.4 is 9.47 Å². The van der Waals surface area contributed by atoms with Crippen LogP contribution in [-0.4, -0.2) is 32.9 Å². The highest BCUT2D eigenvalue weighted by atomic mass is 16.6. The number of benzene rings is 2. The first kappa shape index (κ1) is 105. The van der Waals surface area contributed by atoms with Crippen molar-refractivity contribution in [3.8, 4) is 11.5 Å². The lowest BCUT2D eigenvalue weighted by Crippen LogP contribution is -2.07. The van der Waals surface area contributed by atoms with Crippen molar-refractivity contribution in [2.75, 3.05) is 0 Å². The lowest BCUT2D eigenvalue weighted by molar-refractivity contribution is -0.385.